The molecule has 0 unspecified atom stereocenters. The molecule has 1 aromatic carbocycles. The number of Topliss-reactive ketones (excluding diaryl/α,β-unsaturated/α-hetero) is 1. The lowest BCUT2D eigenvalue weighted by Crippen LogP contribution is -1.98. The van der Waals surface area contributed by atoms with Crippen molar-refractivity contribution in [3.05, 3.63) is 36.0 Å². The van der Waals surface area contributed by atoms with Crippen LogP contribution in [-0.2, 0) is 11.2 Å². The van der Waals surface area contributed by atoms with Gasteiger partial charge in [0.2, 0.25) is 0 Å². The van der Waals surface area contributed by atoms with Crippen LogP contribution in [0.5, 0.6) is 5.75 Å². The molecule has 1 aromatic heterocycles. The monoisotopic (exact) mass is 248 g/mol. The minimum atomic E-state index is -0.353. The van der Waals surface area contributed by atoms with Crippen LogP contribution >= 0.6 is 0 Å². The molecule has 0 aliphatic heterocycles. The van der Waals surface area contributed by atoms with E-state index in [1.807, 2.05) is 0 Å². The number of aromatic amines is 1. The lowest BCUT2D eigenvalue weighted by Gasteiger charge is -2.06. The van der Waals surface area contributed by atoms with Crippen molar-refractivity contribution in [1.82, 2.24) is 9.97 Å². The SMILES string of the molecule is COc1ccc(F)cc1-c1cnc(CC(C)=O)[nH]1. The maximum atomic E-state index is 13.2. The van der Waals surface area contributed by atoms with Gasteiger partial charge in [0.05, 0.1) is 25.4 Å². The number of hydrogen-bond acceptors (Lipinski definition) is 3. The van der Waals surface area contributed by atoms with Crippen molar-refractivity contribution in [2.24, 2.45) is 0 Å². The zero-order valence-electron chi connectivity index (χ0n) is 10.2. The van der Waals surface area contributed by atoms with Crippen LogP contribution in [0.2, 0.25) is 0 Å². The molecule has 0 aliphatic carbocycles. The summed E-state index contributed by atoms with van der Waals surface area (Å²) in [7, 11) is 1.52. The van der Waals surface area contributed by atoms with E-state index < -0.39 is 0 Å². The molecule has 0 saturated carbocycles. The van der Waals surface area contributed by atoms with Gasteiger partial charge in [-0.05, 0) is 25.1 Å². The highest BCUT2D eigenvalue weighted by molar-refractivity contribution is 5.77. The van der Waals surface area contributed by atoms with Gasteiger partial charge in [0.15, 0.2) is 0 Å². The van der Waals surface area contributed by atoms with E-state index in [2.05, 4.69) is 9.97 Å². The van der Waals surface area contributed by atoms with Crippen LogP contribution in [0.1, 0.15) is 12.7 Å². The van der Waals surface area contributed by atoms with Crippen molar-refractivity contribution in [3.8, 4) is 17.0 Å². The first-order valence-electron chi connectivity index (χ1n) is 5.47. The van der Waals surface area contributed by atoms with Gasteiger partial charge in [-0.3, -0.25) is 4.79 Å². The predicted molar refractivity (Wildman–Crippen MR) is 64.9 cm³/mol. The first-order chi connectivity index (χ1) is 8.60. The Morgan fingerprint density at radius 1 is 1.50 bits per heavy atom. The van der Waals surface area contributed by atoms with Crippen LogP contribution < -0.4 is 4.74 Å². The Hall–Kier alpha value is -2.17. The number of ketones is 1. The zero-order valence-corrected chi connectivity index (χ0v) is 10.2. The van der Waals surface area contributed by atoms with Crippen molar-refractivity contribution in [2.45, 2.75) is 13.3 Å². The summed E-state index contributed by atoms with van der Waals surface area (Å²) in [6.07, 6.45) is 1.80. The number of ether oxygens (including phenoxy) is 1. The van der Waals surface area contributed by atoms with Crippen molar-refractivity contribution in [2.75, 3.05) is 7.11 Å². The lowest BCUT2D eigenvalue weighted by atomic mass is 10.1. The van der Waals surface area contributed by atoms with E-state index in [4.69, 9.17) is 4.74 Å². The molecular weight excluding hydrogens is 235 g/mol. The molecule has 0 fully saturated rings. The largest absolute Gasteiger partial charge is 0.496 e. The topological polar surface area (TPSA) is 55.0 Å². The number of carbonyl (C=O) groups excluding carboxylic acids is 1. The fraction of sp³-hybridized carbons (Fsp3) is 0.231. The number of H-pyrrole nitrogens is 1. The predicted octanol–water partition coefficient (Wildman–Crippen LogP) is 2.36. The van der Waals surface area contributed by atoms with Gasteiger partial charge in [-0.25, -0.2) is 9.37 Å². The number of carbonyl (C=O) groups is 1. The van der Waals surface area contributed by atoms with E-state index in [1.165, 1.54) is 26.2 Å². The lowest BCUT2D eigenvalue weighted by molar-refractivity contribution is -0.116. The minimum Gasteiger partial charge on any atom is -0.496 e. The van der Waals surface area contributed by atoms with Gasteiger partial charge in [-0.15, -0.1) is 0 Å². The molecule has 0 atom stereocenters. The van der Waals surface area contributed by atoms with Gasteiger partial charge in [0.25, 0.3) is 0 Å². The Morgan fingerprint density at radius 3 is 2.94 bits per heavy atom. The summed E-state index contributed by atoms with van der Waals surface area (Å²) in [5.74, 6) is 0.772. The fourth-order valence-corrected chi connectivity index (χ4v) is 1.72. The van der Waals surface area contributed by atoms with E-state index in [-0.39, 0.29) is 18.0 Å². The van der Waals surface area contributed by atoms with Gasteiger partial charge in [-0.1, -0.05) is 0 Å². The van der Waals surface area contributed by atoms with Crippen LogP contribution in [0.25, 0.3) is 11.3 Å². The van der Waals surface area contributed by atoms with Crippen LogP contribution in [0, 0.1) is 5.82 Å². The quantitative estimate of drug-likeness (QED) is 0.903. The summed E-state index contributed by atoms with van der Waals surface area (Å²) in [6.45, 7) is 1.49. The normalized spacial score (nSPS) is 10.4. The maximum Gasteiger partial charge on any atom is 0.137 e. The molecular formula is C13H13FN2O2. The highest BCUT2D eigenvalue weighted by Crippen LogP contribution is 2.29. The van der Waals surface area contributed by atoms with Crippen molar-refractivity contribution >= 4 is 5.78 Å². The molecule has 0 saturated heterocycles. The summed E-state index contributed by atoms with van der Waals surface area (Å²) in [6, 6.07) is 4.25. The number of aromatic nitrogens is 2. The molecule has 0 amide bonds. The molecule has 94 valence electrons. The van der Waals surface area contributed by atoms with Gasteiger partial charge >= 0.3 is 0 Å². The molecule has 2 aromatic rings. The molecule has 18 heavy (non-hydrogen) atoms. The van der Waals surface area contributed by atoms with E-state index in [0.29, 0.717) is 22.8 Å². The van der Waals surface area contributed by atoms with Gasteiger partial charge in [-0.2, -0.15) is 0 Å². The van der Waals surface area contributed by atoms with Crippen molar-refractivity contribution < 1.29 is 13.9 Å². The van der Waals surface area contributed by atoms with Crippen LogP contribution in [0.3, 0.4) is 0 Å². The van der Waals surface area contributed by atoms with Gasteiger partial charge < -0.3 is 9.72 Å². The number of nitrogens with zero attached hydrogens (tertiary/aromatic N) is 1. The van der Waals surface area contributed by atoms with Crippen LogP contribution in [0.15, 0.2) is 24.4 Å². The van der Waals surface area contributed by atoms with Crippen LogP contribution in [0.4, 0.5) is 4.39 Å². The highest BCUT2D eigenvalue weighted by atomic mass is 19.1. The average Bonchev–Trinajstić information content (AvgIpc) is 2.76. The number of halogens is 1. The molecule has 1 N–H and O–H groups in total. The number of imidazole rings is 1. The third kappa shape index (κ3) is 2.56. The minimum absolute atomic E-state index is 0.0158. The van der Waals surface area contributed by atoms with Crippen molar-refractivity contribution in [3.63, 3.8) is 0 Å². The summed E-state index contributed by atoms with van der Waals surface area (Å²) in [5.41, 5.74) is 1.21. The Bertz CT molecular complexity index is 578. The first-order valence-corrected chi connectivity index (χ1v) is 5.47. The van der Waals surface area contributed by atoms with Gasteiger partial charge in [0.1, 0.15) is 23.2 Å². The number of hydrogen-bond donors (Lipinski definition) is 1. The molecule has 0 bridgehead atoms. The molecule has 4 nitrogen and oxygen atoms in total. The maximum absolute atomic E-state index is 13.2. The molecule has 0 spiro atoms. The van der Waals surface area contributed by atoms with Crippen LogP contribution in [-0.4, -0.2) is 22.9 Å². The van der Waals surface area contributed by atoms with E-state index in [0.717, 1.165) is 0 Å². The second kappa shape index (κ2) is 5.00. The van der Waals surface area contributed by atoms with E-state index in [9.17, 15) is 9.18 Å². The molecule has 2 rings (SSSR count). The Labute approximate surface area is 104 Å². The van der Waals surface area contributed by atoms with Crippen molar-refractivity contribution in [1.29, 1.82) is 0 Å². The van der Waals surface area contributed by atoms with Gasteiger partial charge in [0, 0.05) is 5.56 Å². The zero-order chi connectivity index (χ0) is 13.1. The summed E-state index contributed by atoms with van der Waals surface area (Å²) < 4.78 is 18.4. The standard InChI is InChI=1S/C13H13FN2O2/c1-8(17)5-13-15-7-11(16-13)10-6-9(14)3-4-12(10)18-2/h3-4,6-7H,5H2,1-2H3,(H,15,16). The first kappa shape index (κ1) is 12.3. The summed E-state index contributed by atoms with van der Waals surface area (Å²) >= 11 is 0. The number of methoxy groups -OCH3 is 1. The molecule has 0 aliphatic rings. The number of nitrogens with one attached hydrogen (secondary N) is 1. The number of benzene rings is 1. The smallest absolute Gasteiger partial charge is 0.137 e. The highest BCUT2D eigenvalue weighted by Gasteiger charge is 2.11. The second-order valence-corrected chi connectivity index (χ2v) is 3.97. The second-order valence-electron chi connectivity index (χ2n) is 3.97. The number of rotatable bonds is 4. The third-order valence-electron chi connectivity index (χ3n) is 2.50. The molecule has 5 heteroatoms. The van der Waals surface area contributed by atoms with E-state index in [1.54, 1.807) is 12.3 Å². The Morgan fingerprint density at radius 2 is 2.28 bits per heavy atom. The average molecular weight is 248 g/mol. The Balaban J connectivity index is 2.38. The Kier molecular flexibility index (Phi) is 3.41. The molecule has 1 heterocycles. The summed E-state index contributed by atoms with van der Waals surface area (Å²) in [4.78, 5) is 18.1. The van der Waals surface area contributed by atoms with E-state index >= 15 is 0 Å². The molecule has 0 radical (unpaired) electrons. The third-order valence-corrected chi connectivity index (χ3v) is 2.50. The summed E-state index contributed by atoms with van der Waals surface area (Å²) in [5, 5.41) is 0. The fourth-order valence-electron chi connectivity index (χ4n) is 1.72.